The zero-order valence-electron chi connectivity index (χ0n) is 16.7. The van der Waals surface area contributed by atoms with Gasteiger partial charge >= 0.3 is 0 Å². The van der Waals surface area contributed by atoms with E-state index in [0.29, 0.717) is 0 Å². The highest BCUT2D eigenvalue weighted by Gasteiger charge is 2.45. The number of phenols is 4. The fourth-order valence-electron chi connectivity index (χ4n) is 3.49. The molecule has 0 amide bonds. The highest BCUT2D eigenvalue weighted by Crippen LogP contribution is 2.42. The number of Topliss-reactive ketones (excluding diaryl/α,β-unsaturated/α-hetero) is 1. The van der Waals surface area contributed by atoms with E-state index < -0.39 is 66.1 Å². The van der Waals surface area contributed by atoms with Crippen molar-refractivity contribution in [1.29, 1.82) is 0 Å². The van der Waals surface area contributed by atoms with Crippen LogP contribution in [0.25, 0.3) is 6.08 Å². The molecule has 2 heterocycles. The number of rotatable bonds is 4. The third-order valence-electron chi connectivity index (χ3n) is 5.22. The highest BCUT2D eigenvalue weighted by molar-refractivity contribution is 6.16. The Bertz CT molecular complexity index is 1100. The first-order valence-corrected chi connectivity index (χ1v) is 9.64. The van der Waals surface area contributed by atoms with Gasteiger partial charge in [0.2, 0.25) is 12.1 Å². The third-order valence-corrected chi connectivity index (χ3v) is 5.22. The number of carbonyl (C=O) groups is 1. The summed E-state index contributed by atoms with van der Waals surface area (Å²) in [5.74, 6) is -3.72. The predicted octanol–water partition coefficient (Wildman–Crippen LogP) is -0.696. The molecule has 0 spiro atoms. The topological polar surface area (TPSA) is 207 Å². The van der Waals surface area contributed by atoms with Crippen LogP contribution in [0.2, 0.25) is 0 Å². The number of hydrogen-bond acceptors (Lipinski definition) is 12. The minimum absolute atomic E-state index is 0.113. The molecule has 5 atom stereocenters. The number of aliphatic hydroxyl groups excluding tert-OH is 4. The second kappa shape index (κ2) is 8.42. The van der Waals surface area contributed by atoms with Crippen LogP contribution in [0, 0.1) is 0 Å². The first kappa shape index (κ1) is 22.6. The fourth-order valence-corrected chi connectivity index (χ4v) is 3.49. The van der Waals surface area contributed by atoms with E-state index in [-0.39, 0.29) is 28.4 Å². The van der Waals surface area contributed by atoms with E-state index in [2.05, 4.69) is 0 Å². The van der Waals surface area contributed by atoms with E-state index in [1.165, 1.54) is 12.1 Å². The molecular weight excluding hydrogens is 444 g/mol. The molecule has 0 bridgehead atoms. The molecule has 33 heavy (non-hydrogen) atoms. The maximum Gasteiger partial charge on any atom is 0.235 e. The van der Waals surface area contributed by atoms with Gasteiger partial charge in [-0.05, 0) is 23.8 Å². The number of fused-ring (bicyclic) bond motifs is 1. The third kappa shape index (κ3) is 4.01. The van der Waals surface area contributed by atoms with E-state index in [9.17, 15) is 45.6 Å². The van der Waals surface area contributed by atoms with Crippen molar-refractivity contribution in [2.45, 2.75) is 30.7 Å². The van der Waals surface area contributed by atoms with Crippen LogP contribution in [-0.2, 0) is 4.74 Å². The molecular formula is C21H20O12. The lowest BCUT2D eigenvalue weighted by atomic mass is 9.99. The molecule has 2 aromatic carbocycles. The number of ketones is 1. The van der Waals surface area contributed by atoms with Crippen molar-refractivity contribution in [3.63, 3.8) is 0 Å². The average Bonchev–Trinajstić information content (AvgIpc) is 3.07. The van der Waals surface area contributed by atoms with Crippen molar-refractivity contribution in [3.8, 4) is 34.5 Å². The molecule has 1 fully saturated rings. The van der Waals surface area contributed by atoms with Gasteiger partial charge in [-0.15, -0.1) is 0 Å². The Hall–Kier alpha value is -3.55. The lowest BCUT2D eigenvalue weighted by molar-refractivity contribution is -0.277. The lowest BCUT2D eigenvalue weighted by Crippen LogP contribution is -2.60. The minimum Gasteiger partial charge on any atom is -0.507 e. The zero-order valence-corrected chi connectivity index (χ0v) is 16.7. The maximum atomic E-state index is 12.7. The summed E-state index contributed by atoms with van der Waals surface area (Å²) in [6, 6.07) is 4.41. The van der Waals surface area contributed by atoms with Crippen LogP contribution >= 0.6 is 0 Å². The molecule has 2 aromatic rings. The summed E-state index contributed by atoms with van der Waals surface area (Å²) in [6.07, 6.45) is -6.50. The summed E-state index contributed by atoms with van der Waals surface area (Å²) in [7, 11) is 0. The van der Waals surface area contributed by atoms with E-state index in [1.807, 2.05) is 0 Å². The average molecular weight is 464 g/mol. The molecule has 2 aliphatic rings. The zero-order chi connectivity index (χ0) is 24.0. The second-order valence-electron chi connectivity index (χ2n) is 7.48. The molecule has 176 valence electrons. The fraction of sp³-hybridized carbons (Fsp3) is 0.286. The Kier molecular flexibility index (Phi) is 5.78. The van der Waals surface area contributed by atoms with Crippen LogP contribution in [0.5, 0.6) is 34.5 Å². The second-order valence-corrected chi connectivity index (χ2v) is 7.48. The summed E-state index contributed by atoms with van der Waals surface area (Å²) < 4.78 is 16.1. The van der Waals surface area contributed by atoms with Crippen molar-refractivity contribution < 1.29 is 59.9 Å². The number of allylic oxidation sites excluding steroid dienone is 1. The summed E-state index contributed by atoms with van der Waals surface area (Å²) in [5, 5.41) is 78.1. The Morgan fingerprint density at radius 2 is 1.58 bits per heavy atom. The SMILES string of the molecule is O=C1C(=Cc2cc(O)c(O)c(O)c2)Oc2cc(OC3OC(CO)C(O)C(O)C3O)cc(O)c21. The smallest absolute Gasteiger partial charge is 0.235 e. The molecule has 0 aliphatic carbocycles. The predicted molar refractivity (Wildman–Crippen MR) is 107 cm³/mol. The largest absolute Gasteiger partial charge is 0.507 e. The molecule has 0 radical (unpaired) electrons. The van der Waals surface area contributed by atoms with Crippen molar-refractivity contribution >= 4 is 11.9 Å². The monoisotopic (exact) mass is 464 g/mol. The van der Waals surface area contributed by atoms with Crippen molar-refractivity contribution in [2.75, 3.05) is 6.61 Å². The van der Waals surface area contributed by atoms with Gasteiger partial charge in [-0.25, -0.2) is 0 Å². The van der Waals surface area contributed by atoms with Crippen LogP contribution < -0.4 is 9.47 Å². The van der Waals surface area contributed by atoms with Gasteiger partial charge < -0.3 is 55.1 Å². The Labute approximate surface area is 185 Å². The van der Waals surface area contributed by atoms with Crippen molar-refractivity contribution in [1.82, 2.24) is 0 Å². The number of aliphatic hydroxyl groups is 4. The number of benzene rings is 2. The van der Waals surface area contributed by atoms with Gasteiger partial charge in [0.1, 0.15) is 47.2 Å². The first-order valence-electron chi connectivity index (χ1n) is 9.64. The van der Waals surface area contributed by atoms with E-state index in [1.54, 1.807) is 0 Å². The quantitative estimate of drug-likeness (QED) is 0.209. The minimum atomic E-state index is -1.69. The Morgan fingerprint density at radius 1 is 0.909 bits per heavy atom. The van der Waals surface area contributed by atoms with Gasteiger partial charge in [-0.1, -0.05) is 0 Å². The molecule has 12 heteroatoms. The molecule has 12 nitrogen and oxygen atoms in total. The van der Waals surface area contributed by atoms with Crippen molar-refractivity contribution in [2.24, 2.45) is 0 Å². The number of carbonyl (C=O) groups excluding carboxylic acids is 1. The van der Waals surface area contributed by atoms with Crippen LogP contribution in [0.1, 0.15) is 15.9 Å². The van der Waals surface area contributed by atoms with Gasteiger partial charge in [-0.2, -0.15) is 0 Å². The standard InChI is InChI=1S/C21H20O12/c22-6-14-18(28)19(29)20(30)21(33-14)31-8-4-9(23)15-12(5-8)32-13(17(15)27)3-7-1-10(24)16(26)11(25)2-7/h1-5,14,18-26,28-30H,6H2. The number of ether oxygens (including phenoxy) is 3. The number of phenolic OH excluding ortho intramolecular Hbond substituents is 4. The van der Waals surface area contributed by atoms with Gasteiger partial charge in [0.25, 0.3) is 0 Å². The molecule has 2 aliphatic heterocycles. The summed E-state index contributed by atoms with van der Waals surface area (Å²) in [5.41, 5.74) is -0.0779. The van der Waals surface area contributed by atoms with E-state index in [4.69, 9.17) is 14.2 Å². The van der Waals surface area contributed by atoms with Crippen LogP contribution in [0.4, 0.5) is 0 Å². The normalized spacial score (nSPS) is 27.9. The number of hydrogen-bond donors (Lipinski definition) is 8. The molecule has 4 rings (SSSR count). The Morgan fingerprint density at radius 3 is 2.21 bits per heavy atom. The van der Waals surface area contributed by atoms with E-state index in [0.717, 1.165) is 18.2 Å². The highest BCUT2D eigenvalue weighted by atomic mass is 16.7. The molecule has 0 saturated carbocycles. The van der Waals surface area contributed by atoms with Crippen LogP contribution in [0.3, 0.4) is 0 Å². The van der Waals surface area contributed by atoms with Gasteiger partial charge in [0.05, 0.1) is 6.61 Å². The van der Waals surface area contributed by atoms with Crippen molar-refractivity contribution in [3.05, 3.63) is 41.2 Å². The van der Waals surface area contributed by atoms with Gasteiger partial charge in [0, 0.05) is 12.1 Å². The van der Waals surface area contributed by atoms with Crippen LogP contribution in [-0.4, -0.2) is 83.9 Å². The lowest BCUT2D eigenvalue weighted by Gasteiger charge is -2.39. The summed E-state index contributed by atoms with van der Waals surface area (Å²) >= 11 is 0. The molecule has 8 N–H and O–H groups in total. The first-order chi connectivity index (χ1) is 15.6. The summed E-state index contributed by atoms with van der Waals surface area (Å²) in [4.78, 5) is 12.7. The number of aromatic hydroxyl groups is 4. The van der Waals surface area contributed by atoms with Gasteiger partial charge in [-0.3, -0.25) is 4.79 Å². The molecule has 5 unspecified atom stereocenters. The van der Waals surface area contributed by atoms with Gasteiger partial charge in [0.15, 0.2) is 23.0 Å². The van der Waals surface area contributed by atoms with E-state index >= 15 is 0 Å². The summed E-state index contributed by atoms with van der Waals surface area (Å²) in [6.45, 7) is -0.658. The maximum absolute atomic E-state index is 12.7. The van der Waals surface area contributed by atoms with Crippen LogP contribution in [0.15, 0.2) is 30.0 Å². The molecule has 1 saturated heterocycles. The Balaban J connectivity index is 1.60. The molecule has 0 aromatic heterocycles.